The van der Waals surface area contributed by atoms with Gasteiger partial charge < -0.3 is 14.8 Å². The van der Waals surface area contributed by atoms with Crippen molar-refractivity contribution in [3.8, 4) is 23.8 Å². The normalized spacial score (nSPS) is 13.3. The van der Waals surface area contributed by atoms with Crippen molar-refractivity contribution in [1.82, 2.24) is 5.32 Å². The zero-order valence-electron chi connectivity index (χ0n) is 10.9. The van der Waals surface area contributed by atoms with Crippen molar-refractivity contribution >= 4 is 12.0 Å². The summed E-state index contributed by atoms with van der Waals surface area (Å²) in [7, 11) is 0. The molecular formula is C15H15NO3. The fourth-order valence-corrected chi connectivity index (χ4v) is 1.57. The number of hydrogen-bond acceptors (Lipinski definition) is 3. The first-order valence-electron chi connectivity index (χ1n) is 5.88. The van der Waals surface area contributed by atoms with Gasteiger partial charge >= 0.3 is 0 Å². The Kier molecular flexibility index (Phi) is 3.48. The van der Waals surface area contributed by atoms with Crippen LogP contribution in [0.5, 0.6) is 11.5 Å². The number of carbonyl (C=O) groups excluding carboxylic acids is 1. The predicted molar refractivity (Wildman–Crippen MR) is 72.7 cm³/mol. The molecule has 4 heteroatoms. The molecule has 1 aromatic carbocycles. The third-order valence-electron chi connectivity index (χ3n) is 2.62. The molecule has 0 radical (unpaired) electrons. The highest BCUT2D eigenvalue weighted by Gasteiger charge is 2.15. The highest BCUT2D eigenvalue weighted by Crippen LogP contribution is 2.32. The summed E-state index contributed by atoms with van der Waals surface area (Å²) in [6, 6.07) is 5.48. The maximum absolute atomic E-state index is 11.7. The molecule has 1 heterocycles. The summed E-state index contributed by atoms with van der Waals surface area (Å²) in [5, 5.41) is 2.71. The molecule has 0 aliphatic carbocycles. The Morgan fingerprint density at radius 1 is 1.42 bits per heavy atom. The summed E-state index contributed by atoms with van der Waals surface area (Å²) in [5.74, 6) is 3.67. The van der Waals surface area contributed by atoms with Crippen LogP contribution in [0.25, 0.3) is 6.08 Å². The molecule has 1 amide bonds. The molecule has 0 bridgehead atoms. The molecule has 2 rings (SSSR count). The van der Waals surface area contributed by atoms with Gasteiger partial charge in [-0.3, -0.25) is 4.79 Å². The van der Waals surface area contributed by atoms with Crippen molar-refractivity contribution in [1.29, 1.82) is 0 Å². The quantitative estimate of drug-likeness (QED) is 0.665. The molecular weight excluding hydrogens is 242 g/mol. The zero-order chi connectivity index (χ0) is 13.9. The largest absolute Gasteiger partial charge is 0.454 e. The van der Waals surface area contributed by atoms with Crippen molar-refractivity contribution in [2.75, 3.05) is 6.79 Å². The van der Waals surface area contributed by atoms with Gasteiger partial charge in [0, 0.05) is 6.08 Å². The van der Waals surface area contributed by atoms with E-state index in [-0.39, 0.29) is 12.7 Å². The maximum atomic E-state index is 11.7. The fourth-order valence-electron chi connectivity index (χ4n) is 1.57. The molecule has 0 unspecified atom stereocenters. The minimum absolute atomic E-state index is 0.235. The van der Waals surface area contributed by atoms with Gasteiger partial charge in [0.2, 0.25) is 12.7 Å². The van der Waals surface area contributed by atoms with Gasteiger partial charge in [0.25, 0.3) is 0 Å². The average Bonchev–Trinajstić information content (AvgIpc) is 2.83. The van der Waals surface area contributed by atoms with Gasteiger partial charge in [0.15, 0.2) is 11.5 Å². The second-order valence-electron chi connectivity index (χ2n) is 4.70. The average molecular weight is 257 g/mol. The van der Waals surface area contributed by atoms with Crippen LogP contribution in [0.1, 0.15) is 19.4 Å². The lowest BCUT2D eigenvalue weighted by Gasteiger charge is -2.17. The number of benzene rings is 1. The topological polar surface area (TPSA) is 47.6 Å². The molecule has 0 aromatic heterocycles. The predicted octanol–water partition coefficient (Wildman–Crippen LogP) is 1.96. The lowest BCUT2D eigenvalue weighted by Crippen LogP contribution is -2.41. The molecule has 1 aromatic rings. The molecule has 0 atom stereocenters. The second kappa shape index (κ2) is 5.07. The number of amides is 1. The number of terminal acetylenes is 1. The zero-order valence-corrected chi connectivity index (χ0v) is 10.9. The van der Waals surface area contributed by atoms with Crippen LogP contribution in [0.15, 0.2) is 24.3 Å². The standard InChI is InChI=1S/C15H15NO3/c1-4-15(2,3)16-14(17)8-6-11-5-7-12-13(9-11)19-10-18-12/h1,5-9H,10H2,2-3H3,(H,16,17). The lowest BCUT2D eigenvalue weighted by molar-refractivity contribution is -0.117. The number of ether oxygens (including phenoxy) is 2. The van der Waals surface area contributed by atoms with E-state index in [1.54, 1.807) is 19.9 Å². The van der Waals surface area contributed by atoms with Crippen LogP contribution in [-0.2, 0) is 4.79 Å². The molecule has 0 fully saturated rings. The SMILES string of the molecule is C#CC(C)(C)NC(=O)C=Cc1ccc2c(c1)OCO2. The van der Waals surface area contributed by atoms with Crippen LogP contribution in [-0.4, -0.2) is 18.2 Å². The van der Waals surface area contributed by atoms with Gasteiger partial charge in [0.05, 0.1) is 5.54 Å². The summed E-state index contributed by atoms with van der Waals surface area (Å²) in [4.78, 5) is 11.7. The Hall–Kier alpha value is -2.41. The van der Waals surface area contributed by atoms with Gasteiger partial charge in [-0.15, -0.1) is 6.42 Å². The molecule has 1 aliphatic heterocycles. The van der Waals surface area contributed by atoms with Crippen LogP contribution in [0.2, 0.25) is 0 Å². The van der Waals surface area contributed by atoms with E-state index in [2.05, 4.69) is 11.2 Å². The summed E-state index contributed by atoms with van der Waals surface area (Å²) in [6.07, 6.45) is 8.44. The molecule has 4 nitrogen and oxygen atoms in total. The van der Waals surface area contributed by atoms with E-state index in [1.807, 2.05) is 18.2 Å². The van der Waals surface area contributed by atoms with Crippen LogP contribution in [0, 0.1) is 12.3 Å². The van der Waals surface area contributed by atoms with Crippen LogP contribution >= 0.6 is 0 Å². The van der Waals surface area contributed by atoms with Crippen LogP contribution in [0.4, 0.5) is 0 Å². The smallest absolute Gasteiger partial charge is 0.245 e. The number of carbonyl (C=O) groups is 1. The highest BCUT2D eigenvalue weighted by atomic mass is 16.7. The Balaban J connectivity index is 2.03. The first kappa shape index (κ1) is 13.0. The Bertz CT molecular complexity index is 567. The Morgan fingerprint density at radius 3 is 2.89 bits per heavy atom. The lowest BCUT2D eigenvalue weighted by atomic mass is 10.1. The number of nitrogens with one attached hydrogen (secondary N) is 1. The van der Waals surface area contributed by atoms with Gasteiger partial charge in [-0.2, -0.15) is 0 Å². The molecule has 98 valence electrons. The monoisotopic (exact) mass is 257 g/mol. The van der Waals surface area contributed by atoms with E-state index in [1.165, 1.54) is 6.08 Å². The summed E-state index contributed by atoms with van der Waals surface area (Å²) in [5.41, 5.74) is 0.203. The van der Waals surface area contributed by atoms with E-state index in [4.69, 9.17) is 15.9 Å². The Labute approximate surface area is 112 Å². The third kappa shape index (κ3) is 3.29. The fraction of sp³-hybridized carbons (Fsp3) is 0.267. The van der Waals surface area contributed by atoms with Gasteiger partial charge in [-0.25, -0.2) is 0 Å². The van der Waals surface area contributed by atoms with E-state index >= 15 is 0 Å². The van der Waals surface area contributed by atoms with E-state index in [0.29, 0.717) is 5.75 Å². The molecule has 1 aliphatic rings. The second-order valence-corrected chi connectivity index (χ2v) is 4.70. The van der Waals surface area contributed by atoms with Crippen molar-refractivity contribution in [2.24, 2.45) is 0 Å². The molecule has 0 saturated heterocycles. The molecule has 19 heavy (non-hydrogen) atoms. The first-order valence-corrected chi connectivity index (χ1v) is 5.88. The summed E-state index contributed by atoms with van der Waals surface area (Å²) >= 11 is 0. The van der Waals surface area contributed by atoms with E-state index < -0.39 is 5.54 Å². The van der Waals surface area contributed by atoms with E-state index in [0.717, 1.165) is 11.3 Å². The van der Waals surface area contributed by atoms with Crippen LogP contribution in [0.3, 0.4) is 0 Å². The molecule has 1 N–H and O–H groups in total. The maximum Gasteiger partial charge on any atom is 0.245 e. The van der Waals surface area contributed by atoms with Crippen molar-refractivity contribution in [3.05, 3.63) is 29.8 Å². The molecule has 0 saturated carbocycles. The van der Waals surface area contributed by atoms with Crippen molar-refractivity contribution in [3.63, 3.8) is 0 Å². The minimum atomic E-state index is -0.656. The summed E-state index contributed by atoms with van der Waals surface area (Å²) in [6.45, 7) is 3.76. The molecule has 0 spiro atoms. The van der Waals surface area contributed by atoms with Crippen LogP contribution < -0.4 is 14.8 Å². The van der Waals surface area contributed by atoms with Crippen molar-refractivity contribution in [2.45, 2.75) is 19.4 Å². The Morgan fingerprint density at radius 2 is 2.16 bits per heavy atom. The first-order chi connectivity index (χ1) is 9.00. The van der Waals surface area contributed by atoms with Gasteiger partial charge in [-0.1, -0.05) is 12.0 Å². The number of rotatable bonds is 3. The number of fused-ring (bicyclic) bond motifs is 1. The van der Waals surface area contributed by atoms with E-state index in [9.17, 15) is 4.79 Å². The van der Waals surface area contributed by atoms with Crippen molar-refractivity contribution < 1.29 is 14.3 Å². The number of hydrogen-bond donors (Lipinski definition) is 1. The van der Waals surface area contributed by atoms with Gasteiger partial charge in [-0.05, 0) is 37.6 Å². The summed E-state index contributed by atoms with van der Waals surface area (Å²) < 4.78 is 10.5. The minimum Gasteiger partial charge on any atom is -0.454 e. The van der Waals surface area contributed by atoms with Gasteiger partial charge in [0.1, 0.15) is 0 Å². The third-order valence-corrected chi connectivity index (χ3v) is 2.62. The highest BCUT2D eigenvalue weighted by molar-refractivity contribution is 5.92.